The maximum atomic E-state index is 6.30. The van der Waals surface area contributed by atoms with Crippen LogP contribution in [0.15, 0.2) is 29.3 Å². The van der Waals surface area contributed by atoms with E-state index in [2.05, 4.69) is 29.2 Å². The largest absolute Gasteiger partial charge is 0.383 e. The summed E-state index contributed by atoms with van der Waals surface area (Å²) in [6.07, 6.45) is 0. The molecule has 0 saturated carbocycles. The van der Waals surface area contributed by atoms with Gasteiger partial charge < -0.3 is 15.0 Å². The summed E-state index contributed by atoms with van der Waals surface area (Å²) >= 11 is 6.30. The van der Waals surface area contributed by atoms with Crippen molar-refractivity contribution < 1.29 is 4.74 Å². The summed E-state index contributed by atoms with van der Waals surface area (Å²) in [4.78, 5) is 6.92. The molecule has 6 nitrogen and oxygen atoms in total. The number of nitrogens with one attached hydrogen (secondary N) is 1. The summed E-state index contributed by atoms with van der Waals surface area (Å²) in [6, 6.07) is 7.89. The highest BCUT2D eigenvalue weighted by atomic mass is 35.5. The Morgan fingerprint density at radius 2 is 2.07 bits per heavy atom. The fourth-order valence-electron chi connectivity index (χ4n) is 2.94. The van der Waals surface area contributed by atoms with Gasteiger partial charge in [0.1, 0.15) is 0 Å². The van der Waals surface area contributed by atoms with Gasteiger partial charge in [0.15, 0.2) is 5.96 Å². The van der Waals surface area contributed by atoms with Crippen LogP contribution in [0.4, 0.5) is 0 Å². The minimum atomic E-state index is 0.583. The van der Waals surface area contributed by atoms with Gasteiger partial charge in [0, 0.05) is 43.5 Å². The average molecular weight is 392 g/mol. The van der Waals surface area contributed by atoms with Crippen molar-refractivity contribution in [2.24, 2.45) is 4.99 Å². The second kappa shape index (κ2) is 10.3. The van der Waals surface area contributed by atoms with E-state index in [1.54, 1.807) is 7.11 Å². The first kappa shape index (κ1) is 21.3. The molecule has 0 bridgehead atoms. The Labute approximate surface area is 167 Å². The third-order valence-corrected chi connectivity index (χ3v) is 4.86. The fourth-order valence-corrected chi connectivity index (χ4v) is 3.13. The highest BCUT2D eigenvalue weighted by molar-refractivity contribution is 6.31. The monoisotopic (exact) mass is 391 g/mol. The van der Waals surface area contributed by atoms with Crippen LogP contribution in [-0.2, 0) is 24.4 Å². The second-order valence-electron chi connectivity index (χ2n) is 6.48. The highest BCUT2D eigenvalue weighted by Gasteiger charge is 2.13. The summed E-state index contributed by atoms with van der Waals surface area (Å²) in [5.74, 6) is 0.848. The van der Waals surface area contributed by atoms with Crippen LogP contribution in [0.1, 0.15) is 29.4 Å². The predicted octanol–water partition coefficient (Wildman–Crippen LogP) is 3.40. The zero-order valence-electron chi connectivity index (χ0n) is 16.9. The van der Waals surface area contributed by atoms with Gasteiger partial charge in [-0.15, -0.1) is 0 Å². The van der Waals surface area contributed by atoms with E-state index in [1.165, 1.54) is 0 Å². The molecular weight excluding hydrogens is 362 g/mol. The van der Waals surface area contributed by atoms with E-state index >= 15 is 0 Å². The van der Waals surface area contributed by atoms with Crippen molar-refractivity contribution in [3.63, 3.8) is 0 Å². The summed E-state index contributed by atoms with van der Waals surface area (Å²) < 4.78 is 7.15. The van der Waals surface area contributed by atoms with Crippen molar-refractivity contribution in [1.82, 2.24) is 20.0 Å². The molecule has 0 spiro atoms. The van der Waals surface area contributed by atoms with Crippen molar-refractivity contribution in [3.8, 4) is 0 Å². The van der Waals surface area contributed by atoms with Crippen molar-refractivity contribution in [3.05, 3.63) is 51.8 Å². The van der Waals surface area contributed by atoms with E-state index in [0.717, 1.165) is 46.6 Å². The maximum Gasteiger partial charge on any atom is 0.194 e. The van der Waals surface area contributed by atoms with E-state index in [1.807, 2.05) is 42.9 Å². The smallest absolute Gasteiger partial charge is 0.194 e. The topological polar surface area (TPSA) is 54.7 Å². The number of aromatic nitrogens is 2. The minimum absolute atomic E-state index is 0.583. The van der Waals surface area contributed by atoms with Crippen LogP contribution < -0.4 is 5.32 Å². The lowest BCUT2D eigenvalue weighted by Crippen LogP contribution is -2.38. The Hall–Kier alpha value is -2.05. The van der Waals surface area contributed by atoms with Crippen LogP contribution in [-0.4, -0.2) is 47.9 Å². The van der Waals surface area contributed by atoms with Crippen molar-refractivity contribution in [2.45, 2.75) is 40.4 Å². The maximum absolute atomic E-state index is 6.30. The lowest BCUT2D eigenvalue weighted by atomic mass is 10.2. The second-order valence-corrected chi connectivity index (χ2v) is 6.89. The summed E-state index contributed by atoms with van der Waals surface area (Å²) in [5.41, 5.74) is 4.38. The molecule has 0 atom stereocenters. The fraction of sp³-hybridized carbons (Fsp3) is 0.500. The summed E-state index contributed by atoms with van der Waals surface area (Å²) in [7, 11) is 3.72. The number of rotatable bonds is 8. The lowest BCUT2D eigenvalue weighted by molar-refractivity contribution is 0.182. The third kappa shape index (κ3) is 5.71. The van der Waals surface area contributed by atoms with Crippen LogP contribution in [0.25, 0.3) is 0 Å². The number of methoxy groups -OCH3 is 1. The van der Waals surface area contributed by atoms with Gasteiger partial charge in [0.2, 0.25) is 0 Å². The molecule has 0 aliphatic rings. The third-order valence-electron chi connectivity index (χ3n) is 4.49. The molecule has 148 valence electrons. The molecule has 0 amide bonds. The quantitative estimate of drug-likeness (QED) is 0.553. The molecule has 1 aromatic heterocycles. The van der Waals surface area contributed by atoms with Crippen LogP contribution >= 0.6 is 11.6 Å². The van der Waals surface area contributed by atoms with Crippen LogP contribution in [0.5, 0.6) is 0 Å². The number of guanidine groups is 1. The average Bonchev–Trinajstić information content (AvgIpc) is 2.92. The normalized spacial score (nSPS) is 11.7. The molecule has 0 aliphatic carbocycles. The number of benzene rings is 1. The molecule has 0 radical (unpaired) electrons. The van der Waals surface area contributed by atoms with Crippen LogP contribution in [0.3, 0.4) is 0 Å². The van der Waals surface area contributed by atoms with Gasteiger partial charge in [-0.25, -0.2) is 4.99 Å². The number of ether oxygens (including phenoxy) is 1. The van der Waals surface area contributed by atoms with Crippen molar-refractivity contribution in [2.75, 3.05) is 27.3 Å². The first-order valence-corrected chi connectivity index (χ1v) is 9.60. The Kier molecular flexibility index (Phi) is 8.13. The number of halogens is 1. The molecule has 0 fully saturated rings. The number of aryl methyl sites for hydroxylation is 1. The Bertz CT molecular complexity index is 772. The zero-order chi connectivity index (χ0) is 19.8. The molecule has 1 aromatic carbocycles. The number of nitrogens with zero attached hydrogens (tertiary/aromatic N) is 4. The molecular formula is C20H30ClN5O. The van der Waals surface area contributed by atoms with Crippen molar-refractivity contribution in [1.29, 1.82) is 0 Å². The van der Waals surface area contributed by atoms with Gasteiger partial charge >= 0.3 is 0 Å². The SMILES string of the molecule is CCNC(=NCc1c(C)nn(CCOC)c1C)N(C)Cc1ccccc1Cl. The molecule has 0 unspecified atom stereocenters. The van der Waals surface area contributed by atoms with Gasteiger partial charge in [-0.2, -0.15) is 5.10 Å². The van der Waals surface area contributed by atoms with E-state index < -0.39 is 0 Å². The lowest BCUT2D eigenvalue weighted by Gasteiger charge is -2.22. The van der Waals surface area contributed by atoms with E-state index in [0.29, 0.717) is 19.7 Å². The first-order valence-electron chi connectivity index (χ1n) is 9.22. The van der Waals surface area contributed by atoms with Crippen LogP contribution in [0.2, 0.25) is 5.02 Å². The Balaban J connectivity index is 2.15. The molecule has 1 N–H and O–H groups in total. The molecule has 2 rings (SSSR count). The Morgan fingerprint density at radius 3 is 2.74 bits per heavy atom. The molecule has 0 aliphatic heterocycles. The first-order chi connectivity index (χ1) is 13.0. The van der Waals surface area contributed by atoms with Gasteiger partial charge in [0.25, 0.3) is 0 Å². The molecule has 7 heteroatoms. The molecule has 2 aromatic rings. The highest BCUT2D eigenvalue weighted by Crippen LogP contribution is 2.17. The van der Waals surface area contributed by atoms with Crippen molar-refractivity contribution >= 4 is 17.6 Å². The van der Waals surface area contributed by atoms with Gasteiger partial charge in [-0.3, -0.25) is 4.68 Å². The van der Waals surface area contributed by atoms with Gasteiger partial charge in [0.05, 0.1) is 25.4 Å². The van der Waals surface area contributed by atoms with E-state index in [9.17, 15) is 0 Å². The van der Waals surface area contributed by atoms with Gasteiger partial charge in [-0.05, 0) is 32.4 Å². The Morgan fingerprint density at radius 1 is 1.33 bits per heavy atom. The zero-order valence-corrected chi connectivity index (χ0v) is 17.7. The van der Waals surface area contributed by atoms with Gasteiger partial charge in [-0.1, -0.05) is 29.8 Å². The standard InChI is InChI=1S/C20H30ClN5O/c1-6-22-20(25(4)14-17-9-7-8-10-19(17)21)23-13-18-15(2)24-26(16(18)3)11-12-27-5/h7-10H,6,11-14H2,1-5H3,(H,22,23). The summed E-state index contributed by atoms with van der Waals surface area (Å²) in [5, 5.41) is 8.74. The number of aliphatic imine (C=N–C) groups is 1. The number of hydrogen-bond donors (Lipinski definition) is 1. The molecule has 1 heterocycles. The molecule has 27 heavy (non-hydrogen) atoms. The van der Waals surface area contributed by atoms with Crippen LogP contribution in [0, 0.1) is 13.8 Å². The van der Waals surface area contributed by atoms with E-state index in [-0.39, 0.29) is 0 Å². The number of hydrogen-bond acceptors (Lipinski definition) is 3. The predicted molar refractivity (Wildman–Crippen MR) is 111 cm³/mol. The summed E-state index contributed by atoms with van der Waals surface area (Å²) in [6.45, 7) is 9.65. The molecule has 0 saturated heterocycles. The minimum Gasteiger partial charge on any atom is -0.383 e. The van der Waals surface area contributed by atoms with E-state index in [4.69, 9.17) is 21.3 Å².